The Morgan fingerprint density at radius 3 is 2.83 bits per heavy atom. The highest BCUT2D eigenvalue weighted by atomic mass is 16.5. The quantitative estimate of drug-likeness (QED) is 0.739. The number of hydrogen-bond acceptors (Lipinski definition) is 5. The number of aliphatic carboxylic acids is 1. The lowest BCUT2D eigenvalue weighted by Crippen LogP contribution is -2.71. The number of carboxylic acid groups (broad SMARTS) is 1. The zero-order valence-corrected chi connectivity index (χ0v) is 15.6. The van der Waals surface area contributed by atoms with Gasteiger partial charge in [-0.25, -0.2) is 4.79 Å². The van der Waals surface area contributed by atoms with Crippen molar-refractivity contribution in [3.8, 4) is 0 Å². The van der Waals surface area contributed by atoms with Crippen LogP contribution in [0.1, 0.15) is 24.8 Å². The molecule has 2 amide bonds. The van der Waals surface area contributed by atoms with Crippen LogP contribution >= 0.6 is 0 Å². The van der Waals surface area contributed by atoms with Gasteiger partial charge in [-0.05, 0) is 24.5 Å². The number of ketones is 1. The fraction of sp³-hybridized carbons (Fsp3) is 0.524. The van der Waals surface area contributed by atoms with Crippen molar-refractivity contribution in [2.24, 2.45) is 11.8 Å². The van der Waals surface area contributed by atoms with E-state index in [9.17, 15) is 19.2 Å². The number of hydrogen-bond donors (Lipinski definition) is 1. The van der Waals surface area contributed by atoms with Gasteiger partial charge in [0.1, 0.15) is 6.61 Å². The number of nitrogens with zero attached hydrogens (tertiary/aromatic N) is 2. The smallest absolute Gasteiger partial charge is 0.329 e. The Hall–Kier alpha value is -2.74. The molecule has 150 valence electrons. The van der Waals surface area contributed by atoms with Crippen molar-refractivity contribution in [1.82, 2.24) is 4.90 Å². The van der Waals surface area contributed by atoms with Crippen molar-refractivity contribution in [1.29, 1.82) is 0 Å². The molecule has 5 aliphatic rings. The molecule has 0 unspecified atom stereocenters. The number of benzene rings is 1. The number of Topliss-reactive ketones (excluding diaryl/α,β-unsaturated/α-hetero) is 1. The van der Waals surface area contributed by atoms with Gasteiger partial charge in [0, 0.05) is 35.5 Å². The van der Waals surface area contributed by atoms with Crippen LogP contribution in [-0.4, -0.2) is 64.9 Å². The summed E-state index contributed by atoms with van der Waals surface area (Å²) in [6, 6.07) is 7.43. The summed E-state index contributed by atoms with van der Waals surface area (Å²) in [5, 5.41) is 9.09. The zero-order valence-electron chi connectivity index (χ0n) is 15.6. The third-order valence-corrected chi connectivity index (χ3v) is 7.82. The number of carbonyl (C=O) groups excluding carboxylic acids is 3. The molecule has 0 radical (unpaired) electrons. The van der Waals surface area contributed by atoms with Gasteiger partial charge < -0.3 is 19.6 Å². The average molecular weight is 396 g/mol. The summed E-state index contributed by atoms with van der Waals surface area (Å²) in [5.74, 6) is -3.00. The summed E-state index contributed by atoms with van der Waals surface area (Å²) in [6.45, 7) is -0.0201. The second kappa shape index (κ2) is 5.44. The molecule has 1 aromatic rings. The Morgan fingerprint density at radius 2 is 2.03 bits per heavy atom. The van der Waals surface area contributed by atoms with Gasteiger partial charge in [0.2, 0.25) is 11.7 Å². The number of piperidine rings is 2. The van der Waals surface area contributed by atoms with Gasteiger partial charge in [0.25, 0.3) is 5.91 Å². The predicted molar refractivity (Wildman–Crippen MR) is 98.1 cm³/mol. The largest absolute Gasteiger partial charge is 0.480 e. The Balaban J connectivity index is 1.56. The molecule has 4 fully saturated rings. The predicted octanol–water partition coefficient (Wildman–Crippen LogP) is 0.333. The van der Waals surface area contributed by atoms with Gasteiger partial charge in [0.05, 0.1) is 18.6 Å². The lowest BCUT2D eigenvalue weighted by atomic mass is 9.54. The zero-order chi connectivity index (χ0) is 20.1. The van der Waals surface area contributed by atoms with Crippen LogP contribution in [0.15, 0.2) is 24.3 Å². The van der Waals surface area contributed by atoms with Crippen molar-refractivity contribution < 1.29 is 29.0 Å². The summed E-state index contributed by atoms with van der Waals surface area (Å²) in [4.78, 5) is 53.7. The molecule has 4 aliphatic heterocycles. The van der Waals surface area contributed by atoms with Crippen molar-refractivity contribution in [3.05, 3.63) is 29.8 Å². The first kappa shape index (κ1) is 17.1. The molecule has 8 nitrogen and oxygen atoms in total. The van der Waals surface area contributed by atoms with E-state index in [2.05, 4.69) is 0 Å². The maximum atomic E-state index is 13.2. The molecule has 6 atom stereocenters. The van der Waals surface area contributed by atoms with Crippen molar-refractivity contribution >= 4 is 29.3 Å². The van der Waals surface area contributed by atoms with E-state index in [-0.39, 0.29) is 30.3 Å². The SMILES string of the molecule is O=C(O)CO[C@H]1CC(=O)N2c3ccccc3[C@]34CCN5C(=O)C(=O)[C@@H](C[C@H]53)[C@@H]1[C@H]24. The van der Waals surface area contributed by atoms with Crippen LogP contribution in [0.4, 0.5) is 5.69 Å². The van der Waals surface area contributed by atoms with Crippen LogP contribution in [0.2, 0.25) is 0 Å². The molecule has 1 N–H and O–H groups in total. The minimum Gasteiger partial charge on any atom is -0.480 e. The lowest BCUT2D eigenvalue weighted by Gasteiger charge is -2.57. The fourth-order valence-corrected chi connectivity index (χ4v) is 6.98. The molecule has 3 saturated heterocycles. The van der Waals surface area contributed by atoms with E-state index in [1.807, 2.05) is 29.2 Å². The average Bonchev–Trinajstić information content (AvgIpc) is 3.24. The number of amides is 2. The molecule has 4 heterocycles. The Bertz CT molecular complexity index is 991. The van der Waals surface area contributed by atoms with Gasteiger partial charge in [-0.2, -0.15) is 0 Å². The molecular formula is C21H20N2O6. The topological polar surface area (TPSA) is 104 Å². The summed E-state index contributed by atoms with van der Waals surface area (Å²) in [5.41, 5.74) is 1.50. The van der Waals surface area contributed by atoms with E-state index in [1.54, 1.807) is 4.90 Å². The van der Waals surface area contributed by atoms with Gasteiger partial charge in [-0.15, -0.1) is 0 Å². The van der Waals surface area contributed by atoms with Crippen molar-refractivity contribution in [3.63, 3.8) is 0 Å². The monoisotopic (exact) mass is 396 g/mol. The van der Waals surface area contributed by atoms with E-state index in [0.29, 0.717) is 19.4 Å². The number of carboxylic acids is 1. The van der Waals surface area contributed by atoms with E-state index in [0.717, 1.165) is 11.3 Å². The maximum absolute atomic E-state index is 13.2. The molecular weight excluding hydrogens is 376 g/mol. The highest BCUT2D eigenvalue weighted by Gasteiger charge is 2.72. The van der Waals surface area contributed by atoms with Crippen molar-refractivity contribution in [2.75, 3.05) is 18.1 Å². The first-order chi connectivity index (χ1) is 13.9. The number of para-hydroxylation sites is 1. The molecule has 29 heavy (non-hydrogen) atoms. The standard InChI is InChI=1S/C21H20N2O6/c24-15-8-13(29-9-16(25)26)17-10-7-14-21(5-6-22(14)20(28)18(10)27)11-3-1-2-4-12(11)23(15)19(17)21/h1-4,10,13-14,17,19H,5-9H2,(H,25,26)/t10-,13-,14-,17-,19-,21+/m0/s1. The summed E-state index contributed by atoms with van der Waals surface area (Å²) >= 11 is 0. The first-order valence-corrected chi connectivity index (χ1v) is 10.0. The van der Waals surface area contributed by atoms with Gasteiger partial charge in [-0.3, -0.25) is 14.4 Å². The molecule has 1 aromatic carbocycles. The number of ether oxygens (including phenoxy) is 1. The summed E-state index contributed by atoms with van der Waals surface area (Å²) in [6.07, 6.45) is 0.581. The second-order valence-corrected chi connectivity index (χ2v) is 8.76. The van der Waals surface area contributed by atoms with E-state index in [1.165, 1.54) is 0 Å². The van der Waals surface area contributed by atoms with E-state index >= 15 is 0 Å². The van der Waals surface area contributed by atoms with Crippen LogP contribution in [0.25, 0.3) is 0 Å². The number of carbonyl (C=O) groups is 4. The number of fused-ring (bicyclic) bond motifs is 4. The molecule has 0 aromatic heterocycles. The molecule has 1 saturated carbocycles. The minimum atomic E-state index is -1.11. The van der Waals surface area contributed by atoms with Crippen molar-refractivity contribution in [2.45, 2.75) is 42.9 Å². The van der Waals surface area contributed by atoms with Crippen LogP contribution < -0.4 is 4.90 Å². The highest BCUT2D eigenvalue weighted by Crippen LogP contribution is 2.64. The molecule has 6 rings (SSSR count). The Morgan fingerprint density at radius 1 is 1.24 bits per heavy atom. The second-order valence-electron chi connectivity index (χ2n) is 8.76. The fourth-order valence-electron chi connectivity index (χ4n) is 6.98. The van der Waals surface area contributed by atoms with Crippen LogP contribution in [0, 0.1) is 11.8 Å². The van der Waals surface area contributed by atoms with Crippen LogP contribution in [0.3, 0.4) is 0 Å². The summed E-state index contributed by atoms with van der Waals surface area (Å²) < 4.78 is 5.66. The van der Waals surface area contributed by atoms with E-state index < -0.39 is 41.7 Å². The third-order valence-electron chi connectivity index (χ3n) is 7.82. The normalized spacial score (nSPS) is 38.9. The molecule has 8 heteroatoms. The maximum Gasteiger partial charge on any atom is 0.329 e. The Labute approximate surface area is 166 Å². The van der Waals surface area contributed by atoms with Crippen LogP contribution in [0.5, 0.6) is 0 Å². The summed E-state index contributed by atoms with van der Waals surface area (Å²) in [7, 11) is 0. The van der Waals surface area contributed by atoms with Gasteiger partial charge >= 0.3 is 5.97 Å². The van der Waals surface area contributed by atoms with Gasteiger partial charge in [0.15, 0.2) is 0 Å². The molecule has 1 aliphatic carbocycles. The molecule has 2 bridgehead atoms. The minimum absolute atomic E-state index is 0.0191. The Kier molecular flexibility index (Phi) is 3.22. The van der Waals surface area contributed by atoms with Crippen LogP contribution in [-0.2, 0) is 29.3 Å². The first-order valence-electron chi connectivity index (χ1n) is 10.0. The third kappa shape index (κ3) is 1.88. The highest BCUT2D eigenvalue weighted by molar-refractivity contribution is 6.38. The van der Waals surface area contributed by atoms with E-state index in [4.69, 9.17) is 9.84 Å². The lowest BCUT2D eigenvalue weighted by molar-refractivity contribution is -0.166. The number of rotatable bonds is 3. The number of anilines is 1. The molecule has 1 spiro atoms. The van der Waals surface area contributed by atoms with Gasteiger partial charge in [-0.1, -0.05) is 18.2 Å².